The number of hydrogen-bond acceptors (Lipinski definition) is 6. The van der Waals surface area contributed by atoms with Crippen molar-refractivity contribution < 1.29 is 14.4 Å². The Bertz CT molecular complexity index is 1120. The molecule has 0 aromatic heterocycles. The fourth-order valence-corrected chi connectivity index (χ4v) is 3.97. The molecule has 2 aromatic carbocycles. The van der Waals surface area contributed by atoms with Gasteiger partial charge in [-0.1, -0.05) is 53.7 Å². The van der Waals surface area contributed by atoms with Crippen molar-refractivity contribution in [3.05, 3.63) is 58.6 Å². The number of halogens is 1. The molecule has 10 heteroatoms. The van der Waals surface area contributed by atoms with Crippen LogP contribution in [0.4, 0.5) is 11.4 Å². The lowest BCUT2D eigenvalue weighted by molar-refractivity contribution is -0.122. The van der Waals surface area contributed by atoms with Gasteiger partial charge in [-0.15, -0.1) is 5.10 Å². The van der Waals surface area contributed by atoms with Gasteiger partial charge >= 0.3 is 0 Å². The molecule has 1 aliphatic rings. The molecule has 0 bridgehead atoms. The Morgan fingerprint density at radius 3 is 2.55 bits per heavy atom. The third-order valence-corrected chi connectivity index (χ3v) is 6.24. The number of carbonyl (C=O) groups is 3. The molecule has 3 rings (SSSR count). The summed E-state index contributed by atoms with van der Waals surface area (Å²) in [6.07, 6.45) is 0.0197. The van der Waals surface area contributed by atoms with Crippen molar-refractivity contribution >= 4 is 67.7 Å². The molecule has 0 spiro atoms. The highest BCUT2D eigenvalue weighted by Gasteiger charge is 2.32. The second kappa shape index (κ2) is 11.2. The van der Waals surface area contributed by atoms with Gasteiger partial charge in [-0.05, 0) is 48.9 Å². The quantitative estimate of drug-likeness (QED) is 0.364. The molecule has 0 radical (unpaired) electrons. The number of amides is 3. The van der Waals surface area contributed by atoms with Crippen molar-refractivity contribution in [1.29, 1.82) is 0 Å². The smallest absolute Gasteiger partial charge is 0.240 e. The lowest BCUT2D eigenvalue weighted by atomic mass is 10.1. The van der Waals surface area contributed by atoms with Crippen molar-refractivity contribution in [2.75, 3.05) is 10.6 Å². The summed E-state index contributed by atoms with van der Waals surface area (Å²) in [6, 6.07) is 14.5. The zero-order valence-electron chi connectivity index (χ0n) is 18.4. The maximum atomic E-state index is 12.3. The van der Waals surface area contributed by atoms with Crippen LogP contribution in [0.3, 0.4) is 0 Å². The minimum absolute atomic E-state index is 0.0197. The first-order chi connectivity index (χ1) is 15.7. The van der Waals surface area contributed by atoms with Gasteiger partial charge in [-0.2, -0.15) is 5.10 Å². The maximum absolute atomic E-state index is 12.3. The van der Waals surface area contributed by atoms with E-state index in [1.807, 2.05) is 44.2 Å². The molecular weight excluding hydrogens is 506 g/mol. The predicted molar refractivity (Wildman–Crippen MR) is 136 cm³/mol. The van der Waals surface area contributed by atoms with Gasteiger partial charge < -0.3 is 16.0 Å². The van der Waals surface area contributed by atoms with Crippen molar-refractivity contribution in [1.82, 2.24) is 5.32 Å². The first-order valence-electron chi connectivity index (χ1n) is 10.3. The highest BCUT2D eigenvalue weighted by Crippen LogP contribution is 2.24. The van der Waals surface area contributed by atoms with Crippen LogP contribution < -0.4 is 16.0 Å². The number of anilines is 2. The third kappa shape index (κ3) is 7.26. The molecular formula is C23H24BrN5O3S. The summed E-state index contributed by atoms with van der Waals surface area (Å²) in [5, 5.41) is 16.4. The first-order valence-corrected chi connectivity index (χ1v) is 11.9. The standard InChI is InChI=1S/C23H24BrN5O3S/c1-13(2)21(31)26-18-6-4-5-15(11-18)14(3)28-29-23-27-22(32)19(33-23)12-20(30)25-17-9-7-16(24)8-10-17/h4-11,13,19H,12H2,1-3H3,(H,25,30)(H,26,31)(H,27,29,32)/b28-14-/t19-/m1/s1. The fourth-order valence-electron chi connectivity index (χ4n) is 2.79. The number of amidine groups is 1. The van der Waals surface area contributed by atoms with E-state index < -0.39 is 5.25 Å². The molecule has 172 valence electrons. The number of nitrogens with one attached hydrogen (secondary N) is 3. The Morgan fingerprint density at radius 1 is 1.12 bits per heavy atom. The average molecular weight is 530 g/mol. The van der Waals surface area contributed by atoms with Crippen LogP contribution in [-0.2, 0) is 14.4 Å². The summed E-state index contributed by atoms with van der Waals surface area (Å²) in [7, 11) is 0. The van der Waals surface area contributed by atoms with Crippen LogP contribution in [0.1, 0.15) is 32.8 Å². The van der Waals surface area contributed by atoms with Gasteiger partial charge in [0.25, 0.3) is 0 Å². The molecule has 2 aromatic rings. The maximum Gasteiger partial charge on any atom is 0.240 e. The van der Waals surface area contributed by atoms with Crippen LogP contribution in [0.2, 0.25) is 0 Å². The first kappa shape index (κ1) is 24.7. The van der Waals surface area contributed by atoms with Crippen molar-refractivity contribution in [2.45, 2.75) is 32.4 Å². The minimum Gasteiger partial charge on any atom is -0.326 e. The molecule has 1 atom stereocenters. The second-order valence-corrected chi connectivity index (χ2v) is 9.78. The van der Waals surface area contributed by atoms with E-state index in [9.17, 15) is 14.4 Å². The number of rotatable bonds is 7. The number of thioether (sulfide) groups is 1. The third-order valence-electron chi connectivity index (χ3n) is 4.64. The molecule has 3 amide bonds. The fraction of sp³-hybridized carbons (Fsp3) is 0.261. The largest absolute Gasteiger partial charge is 0.326 e. The molecule has 33 heavy (non-hydrogen) atoms. The Morgan fingerprint density at radius 2 is 1.85 bits per heavy atom. The molecule has 1 saturated heterocycles. The van der Waals surface area contributed by atoms with E-state index >= 15 is 0 Å². The van der Waals surface area contributed by atoms with E-state index in [0.717, 1.165) is 10.0 Å². The molecule has 1 fully saturated rings. The number of nitrogens with zero attached hydrogens (tertiary/aromatic N) is 2. The van der Waals surface area contributed by atoms with E-state index in [1.54, 1.807) is 25.1 Å². The molecule has 1 heterocycles. The second-order valence-electron chi connectivity index (χ2n) is 7.67. The van der Waals surface area contributed by atoms with Crippen molar-refractivity contribution in [3.8, 4) is 0 Å². The minimum atomic E-state index is -0.579. The highest BCUT2D eigenvalue weighted by molar-refractivity contribution is 9.10. The van der Waals surface area contributed by atoms with E-state index in [-0.39, 0.29) is 30.1 Å². The van der Waals surface area contributed by atoms with Gasteiger partial charge in [0.1, 0.15) is 5.25 Å². The zero-order chi connectivity index (χ0) is 24.0. The average Bonchev–Trinajstić information content (AvgIpc) is 3.12. The summed E-state index contributed by atoms with van der Waals surface area (Å²) >= 11 is 4.51. The lowest BCUT2D eigenvalue weighted by Crippen LogP contribution is -2.28. The zero-order valence-corrected chi connectivity index (χ0v) is 20.8. The van der Waals surface area contributed by atoms with Crippen LogP contribution in [0, 0.1) is 5.92 Å². The molecule has 0 aliphatic carbocycles. The van der Waals surface area contributed by atoms with Crippen LogP contribution in [-0.4, -0.2) is 33.9 Å². The topological polar surface area (TPSA) is 112 Å². The summed E-state index contributed by atoms with van der Waals surface area (Å²) in [6.45, 7) is 5.44. The van der Waals surface area contributed by atoms with Gasteiger partial charge in [0.05, 0.1) is 5.71 Å². The van der Waals surface area contributed by atoms with Gasteiger partial charge in [0.2, 0.25) is 17.7 Å². The summed E-state index contributed by atoms with van der Waals surface area (Å²) < 4.78 is 0.912. The summed E-state index contributed by atoms with van der Waals surface area (Å²) in [4.78, 5) is 36.5. The molecule has 0 saturated carbocycles. The predicted octanol–water partition coefficient (Wildman–Crippen LogP) is 4.38. The van der Waals surface area contributed by atoms with Gasteiger partial charge in [0, 0.05) is 28.2 Å². The van der Waals surface area contributed by atoms with E-state index in [2.05, 4.69) is 42.1 Å². The van der Waals surface area contributed by atoms with Crippen LogP contribution in [0.25, 0.3) is 0 Å². The molecule has 8 nitrogen and oxygen atoms in total. The van der Waals surface area contributed by atoms with E-state index in [4.69, 9.17) is 0 Å². The normalized spacial score (nSPS) is 17.2. The van der Waals surface area contributed by atoms with E-state index in [1.165, 1.54) is 11.8 Å². The molecule has 0 unspecified atom stereocenters. The van der Waals surface area contributed by atoms with Crippen LogP contribution >= 0.6 is 27.7 Å². The number of hydrogen-bond donors (Lipinski definition) is 3. The Kier molecular flexibility index (Phi) is 8.40. The van der Waals surface area contributed by atoms with Crippen molar-refractivity contribution in [3.63, 3.8) is 0 Å². The van der Waals surface area contributed by atoms with Gasteiger partial charge in [-0.3, -0.25) is 14.4 Å². The lowest BCUT2D eigenvalue weighted by Gasteiger charge is -2.09. The van der Waals surface area contributed by atoms with Crippen molar-refractivity contribution in [2.24, 2.45) is 16.1 Å². The van der Waals surface area contributed by atoms with E-state index in [0.29, 0.717) is 22.3 Å². The van der Waals surface area contributed by atoms with Crippen LogP contribution in [0.5, 0.6) is 0 Å². The van der Waals surface area contributed by atoms with Gasteiger partial charge in [0.15, 0.2) is 5.17 Å². The Balaban J connectivity index is 1.60. The van der Waals surface area contributed by atoms with Crippen LogP contribution in [0.15, 0.2) is 63.2 Å². The SMILES string of the molecule is C/C(=N/N=C1\NC(=O)[C@@H](CC(=O)Nc2ccc(Br)cc2)S1)c1cccc(NC(=O)C(C)C)c1. The van der Waals surface area contributed by atoms with Gasteiger partial charge in [-0.25, -0.2) is 0 Å². The molecule has 1 aliphatic heterocycles. The summed E-state index contributed by atoms with van der Waals surface area (Å²) in [5.41, 5.74) is 2.75. The number of benzene rings is 2. The Labute approximate surface area is 204 Å². The summed E-state index contributed by atoms with van der Waals surface area (Å²) in [5.74, 6) is -0.730. The monoisotopic (exact) mass is 529 g/mol. The number of carbonyl (C=O) groups excluding carboxylic acids is 3. The molecule has 3 N–H and O–H groups in total. The Hall–Kier alpha value is -2.98. The highest BCUT2D eigenvalue weighted by atomic mass is 79.9.